The maximum absolute atomic E-state index is 6.23. The molecule has 0 radical (unpaired) electrons. The molecule has 0 saturated carbocycles. The third-order valence-electron chi connectivity index (χ3n) is 2.70. The molecule has 0 bridgehead atoms. The lowest BCUT2D eigenvalue weighted by molar-refractivity contribution is 0.553. The second kappa shape index (κ2) is 7.50. The minimum Gasteiger partial charge on any atom is -0.316 e. The zero-order valence-corrected chi connectivity index (χ0v) is 14.6. The van der Waals surface area contributed by atoms with Crippen LogP contribution in [-0.2, 0) is 6.42 Å². The monoisotopic (exact) mass is 373 g/mol. The van der Waals surface area contributed by atoms with E-state index in [1.165, 1.54) is 0 Å². The van der Waals surface area contributed by atoms with E-state index in [4.69, 9.17) is 11.6 Å². The van der Waals surface area contributed by atoms with Crippen molar-refractivity contribution < 1.29 is 0 Å². The summed E-state index contributed by atoms with van der Waals surface area (Å²) in [6.45, 7) is 6.36. The highest BCUT2D eigenvalue weighted by Gasteiger charge is 2.10. The molecule has 6 heteroatoms. The molecule has 0 atom stereocenters. The van der Waals surface area contributed by atoms with Crippen LogP contribution in [0.5, 0.6) is 0 Å². The Morgan fingerprint density at radius 2 is 2.15 bits per heavy atom. The zero-order chi connectivity index (χ0) is 14.5. The average Bonchev–Trinajstić information content (AvgIpc) is 2.83. The number of rotatable bonds is 6. The van der Waals surface area contributed by atoms with Gasteiger partial charge in [-0.15, -0.1) is 10.2 Å². The molecule has 1 heterocycles. The molecule has 0 spiro atoms. The number of nitrogens with one attached hydrogen (secondary N) is 1. The molecule has 20 heavy (non-hydrogen) atoms. The predicted molar refractivity (Wildman–Crippen MR) is 89.5 cm³/mol. The molecule has 1 aromatic heterocycles. The highest BCUT2D eigenvalue weighted by Crippen LogP contribution is 2.32. The number of nitrogens with zero attached hydrogens (tertiary/aromatic N) is 2. The molecule has 0 saturated heterocycles. The highest BCUT2D eigenvalue weighted by atomic mass is 79.9. The molecule has 2 rings (SSSR count). The van der Waals surface area contributed by atoms with E-state index in [0.717, 1.165) is 39.6 Å². The van der Waals surface area contributed by atoms with E-state index in [9.17, 15) is 0 Å². The van der Waals surface area contributed by atoms with Gasteiger partial charge in [-0.25, -0.2) is 0 Å². The first kappa shape index (κ1) is 15.9. The number of hydrogen-bond donors (Lipinski definition) is 1. The smallest absolute Gasteiger partial charge is 0.149 e. The van der Waals surface area contributed by atoms with Gasteiger partial charge in [-0.1, -0.05) is 52.7 Å². The molecular formula is C14H17BrClN3S. The fourth-order valence-corrected chi connectivity index (χ4v) is 3.41. The first-order chi connectivity index (χ1) is 9.56. The van der Waals surface area contributed by atoms with Gasteiger partial charge in [-0.2, -0.15) is 0 Å². The van der Waals surface area contributed by atoms with Crippen molar-refractivity contribution in [2.75, 3.05) is 13.1 Å². The molecule has 0 amide bonds. The van der Waals surface area contributed by atoms with Crippen LogP contribution in [0.1, 0.15) is 18.9 Å². The molecule has 0 fully saturated rings. The molecule has 3 nitrogen and oxygen atoms in total. The summed E-state index contributed by atoms with van der Waals surface area (Å²) in [6, 6.07) is 5.81. The molecule has 0 aliphatic rings. The first-order valence-corrected chi connectivity index (χ1v) is 8.53. The summed E-state index contributed by atoms with van der Waals surface area (Å²) in [5.41, 5.74) is 0.939. The fraction of sp³-hybridized carbons (Fsp3) is 0.429. The van der Waals surface area contributed by atoms with Crippen molar-refractivity contribution in [1.82, 2.24) is 15.5 Å². The van der Waals surface area contributed by atoms with E-state index < -0.39 is 0 Å². The maximum Gasteiger partial charge on any atom is 0.149 e. The first-order valence-electron chi connectivity index (χ1n) is 6.55. The Morgan fingerprint density at radius 3 is 2.85 bits per heavy atom. The van der Waals surface area contributed by atoms with E-state index in [1.807, 2.05) is 18.2 Å². The van der Waals surface area contributed by atoms with Crippen molar-refractivity contribution in [3.8, 4) is 10.6 Å². The summed E-state index contributed by atoms with van der Waals surface area (Å²) in [5.74, 6) is 0.668. The Bertz CT molecular complexity index is 571. The fourth-order valence-electron chi connectivity index (χ4n) is 1.71. The lowest BCUT2D eigenvalue weighted by Crippen LogP contribution is -2.22. The Morgan fingerprint density at radius 1 is 1.35 bits per heavy atom. The number of hydrogen-bond acceptors (Lipinski definition) is 4. The molecule has 0 aliphatic heterocycles. The number of halogens is 2. The van der Waals surface area contributed by atoms with Crippen molar-refractivity contribution in [1.29, 1.82) is 0 Å². The third-order valence-corrected chi connectivity index (χ3v) is 4.52. The average molecular weight is 375 g/mol. The standard InChI is InChI=1S/C14H17BrClN3S/c1-9(2)8-17-6-5-13-18-19-14(20-13)11-4-3-10(15)7-12(11)16/h3-4,7,9,17H,5-6,8H2,1-2H3. The van der Waals surface area contributed by atoms with Crippen molar-refractivity contribution in [3.05, 3.63) is 32.7 Å². The summed E-state index contributed by atoms with van der Waals surface area (Å²) >= 11 is 11.2. The van der Waals surface area contributed by atoms with Gasteiger partial charge in [0.2, 0.25) is 0 Å². The van der Waals surface area contributed by atoms with Crippen LogP contribution in [0.4, 0.5) is 0 Å². The van der Waals surface area contributed by atoms with Gasteiger partial charge in [0.1, 0.15) is 10.0 Å². The molecule has 2 aromatic rings. The van der Waals surface area contributed by atoms with Crippen molar-refractivity contribution in [2.45, 2.75) is 20.3 Å². The van der Waals surface area contributed by atoms with Crippen molar-refractivity contribution in [2.24, 2.45) is 5.92 Å². The predicted octanol–water partition coefficient (Wildman–Crippen LogP) is 4.41. The van der Waals surface area contributed by atoms with Gasteiger partial charge >= 0.3 is 0 Å². The summed E-state index contributed by atoms with van der Waals surface area (Å²) in [6.07, 6.45) is 0.901. The van der Waals surface area contributed by atoms with Crippen LogP contribution >= 0.6 is 38.9 Å². The van der Waals surface area contributed by atoms with Crippen LogP contribution in [-0.4, -0.2) is 23.3 Å². The summed E-state index contributed by atoms with van der Waals surface area (Å²) < 4.78 is 0.967. The third kappa shape index (κ3) is 4.52. The lowest BCUT2D eigenvalue weighted by Gasteiger charge is -2.05. The Balaban J connectivity index is 1.98. The number of aromatic nitrogens is 2. The maximum atomic E-state index is 6.23. The highest BCUT2D eigenvalue weighted by molar-refractivity contribution is 9.10. The van der Waals surface area contributed by atoms with Gasteiger partial charge in [-0.05, 0) is 30.7 Å². The summed E-state index contributed by atoms with van der Waals surface area (Å²) in [4.78, 5) is 0. The van der Waals surface area contributed by atoms with Gasteiger partial charge in [-0.3, -0.25) is 0 Å². The SMILES string of the molecule is CC(C)CNCCc1nnc(-c2ccc(Br)cc2Cl)s1. The molecule has 108 valence electrons. The Hall–Kier alpha value is -0.490. The van der Waals surface area contributed by atoms with Gasteiger partial charge in [0, 0.05) is 23.0 Å². The summed E-state index contributed by atoms with van der Waals surface area (Å²) in [7, 11) is 0. The van der Waals surface area contributed by atoms with Gasteiger partial charge in [0.25, 0.3) is 0 Å². The minimum absolute atomic E-state index is 0.668. The van der Waals surface area contributed by atoms with E-state index in [0.29, 0.717) is 10.9 Å². The Labute approximate surface area is 136 Å². The second-order valence-corrected chi connectivity index (χ2v) is 7.36. The lowest BCUT2D eigenvalue weighted by atomic mass is 10.2. The van der Waals surface area contributed by atoms with Crippen LogP contribution < -0.4 is 5.32 Å². The molecule has 0 unspecified atom stereocenters. The van der Waals surface area contributed by atoms with Crippen LogP contribution in [0.2, 0.25) is 5.02 Å². The van der Waals surface area contributed by atoms with E-state index >= 15 is 0 Å². The van der Waals surface area contributed by atoms with Crippen LogP contribution in [0.3, 0.4) is 0 Å². The second-order valence-electron chi connectivity index (χ2n) is 4.97. The van der Waals surface area contributed by atoms with Gasteiger partial charge in [0.15, 0.2) is 0 Å². The zero-order valence-electron chi connectivity index (χ0n) is 11.5. The molecular weight excluding hydrogens is 358 g/mol. The molecule has 1 aromatic carbocycles. The van der Waals surface area contributed by atoms with E-state index in [-0.39, 0.29) is 0 Å². The van der Waals surface area contributed by atoms with E-state index in [1.54, 1.807) is 11.3 Å². The van der Waals surface area contributed by atoms with Crippen LogP contribution in [0, 0.1) is 5.92 Å². The minimum atomic E-state index is 0.668. The quantitative estimate of drug-likeness (QED) is 0.761. The molecule has 0 aliphatic carbocycles. The molecule has 1 N–H and O–H groups in total. The van der Waals surface area contributed by atoms with Gasteiger partial charge in [0.05, 0.1) is 5.02 Å². The van der Waals surface area contributed by atoms with Crippen LogP contribution in [0.15, 0.2) is 22.7 Å². The normalized spacial score (nSPS) is 11.2. The topological polar surface area (TPSA) is 37.8 Å². The number of benzene rings is 1. The van der Waals surface area contributed by atoms with E-state index in [2.05, 4.69) is 45.3 Å². The van der Waals surface area contributed by atoms with Crippen molar-refractivity contribution >= 4 is 38.9 Å². The Kier molecular flexibility index (Phi) is 5.96. The van der Waals surface area contributed by atoms with Crippen molar-refractivity contribution in [3.63, 3.8) is 0 Å². The summed E-state index contributed by atoms with van der Waals surface area (Å²) in [5, 5.41) is 14.5. The van der Waals surface area contributed by atoms with Crippen LogP contribution in [0.25, 0.3) is 10.6 Å². The largest absolute Gasteiger partial charge is 0.316 e. The van der Waals surface area contributed by atoms with Gasteiger partial charge < -0.3 is 5.32 Å².